The van der Waals surface area contributed by atoms with Crippen molar-refractivity contribution in [2.24, 2.45) is 0 Å². The molecule has 5 rings (SSSR count). The SMILES string of the molecule is O=C(CN1CCN(c2cc(N3CCCC3CO)ncn2)CC1)N1CCc2ccccc21. The van der Waals surface area contributed by atoms with Crippen LogP contribution in [0.15, 0.2) is 36.7 Å². The van der Waals surface area contributed by atoms with Gasteiger partial charge in [0, 0.05) is 51.0 Å². The average Bonchev–Trinajstić information content (AvgIpc) is 3.47. The first-order chi connectivity index (χ1) is 15.2. The van der Waals surface area contributed by atoms with Crippen LogP contribution in [0, 0.1) is 0 Å². The summed E-state index contributed by atoms with van der Waals surface area (Å²) < 4.78 is 0. The standard InChI is InChI=1S/C23H30N6O2/c30-16-19-5-3-8-28(19)22-14-21(24-17-25-22)27-12-10-26(11-13-27)15-23(31)29-9-7-18-4-1-2-6-20(18)29/h1-2,4,6,14,17,19,30H,3,5,7-13,15-16H2. The quantitative estimate of drug-likeness (QED) is 0.775. The van der Waals surface area contributed by atoms with E-state index in [-0.39, 0.29) is 18.6 Å². The van der Waals surface area contributed by atoms with Crippen molar-refractivity contribution in [2.45, 2.75) is 25.3 Å². The Bertz CT molecular complexity index is 930. The minimum Gasteiger partial charge on any atom is -0.394 e. The number of benzene rings is 1. The molecule has 1 aromatic carbocycles. The van der Waals surface area contributed by atoms with E-state index in [1.807, 2.05) is 29.2 Å². The van der Waals surface area contributed by atoms with Gasteiger partial charge in [-0.05, 0) is 30.9 Å². The smallest absolute Gasteiger partial charge is 0.241 e. The number of fused-ring (bicyclic) bond motifs is 1. The van der Waals surface area contributed by atoms with Crippen molar-refractivity contribution in [3.63, 3.8) is 0 Å². The summed E-state index contributed by atoms with van der Waals surface area (Å²) in [6.45, 7) is 5.68. The lowest BCUT2D eigenvalue weighted by Crippen LogP contribution is -2.50. The lowest BCUT2D eigenvalue weighted by atomic mass is 10.2. The van der Waals surface area contributed by atoms with E-state index in [0.29, 0.717) is 6.54 Å². The zero-order valence-corrected chi connectivity index (χ0v) is 17.9. The van der Waals surface area contributed by atoms with Crippen LogP contribution < -0.4 is 14.7 Å². The van der Waals surface area contributed by atoms with Crippen molar-refractivity contribution in [1.82, 2.24) is 14.9 Å². The van der Waals surface area contributed by atoms with Gasteiger partial charge >= 0.3 is 0 Å². The number of hydrogen-bond acceptors (Lipinski definition) is 7. The van der Waals surface area contributed by atoms with Crippen molar-refractivity contribution in [3.05, 3.63) is 42.2 Å². The second-order valence-electron chi connectivity index (χ2n) is 8.59. The molecule has 8 heteroatoms. The van der Waals surface area contributed by atoms with Crippen molar-refractivity contribution in [3.8, 4) is 0 Å². The molecule has 2 fully saturated rings. The van der Waals surface area contributed by atoms with Crippen LogP contribution >= 0.6 is 0 Å². The van der Waals surface area contributed by atoms with E-state index >= 15 is 0 Å². The zero-order valence-electron chi connectivity index (χ0n) is 17.9. The van der Waals surface area contributed by atoms with Gasteiger partial charge in [-0.3, -0.25) is 9.69 Å². The Morgan fingerprint density at radius 1 is 1.03 bits per heavy atom. The molecule has 8 nitrogen and oxygen atoms in total. The van der Waals surface area contributed by atoms with Gasteiger partial charge in [0.25, 0.3) is 0 Å². The van der Waals surface area contributed by atoms with Gasteiger partial charge in [-0.15, -0.1) is 0 Å². The summed E-state index contributed by atoms with van der Waals surface area (Å²) in [5.74, 6) is 2.01. The molecule has 1 N–H and O–H groups in total. The number of piperazine rings is 1. The lowest BCUT2D eigenvalue weighted by Gasteiger charge is -2.36. The summed E-state index contributed by atoms with van der Waals surface area (Å²) >= 11 is 0. The molecule has 2 saturated heterocycles. The summed E-state index contributed by atoms with van der Waals surface area (Å²) in [5, 5.41) is 9.62. The van der Waals surface area contributed by atoms with E-state index in [4.69, 9.17) is 0 Å². The Balaban J connectivity index is 1.18. The van der Waals surface area contributed by atoms with Crippen LogP contribution in [-0.2, 0) is 11.2 Å². The van der Waals surface area contributed by atoms with Crippen LogP contribution in [0.5, 0.6) is 0 Å². The van der Waals surface area contributed by atoms with Gasteiger partial charge in [0.15, 0.2) is 0 Å². The van der Waals surface area contributed by atoms with Crippen LogP contribution in [0.3, 0.4) is 0 Å². The number of carbonyl (C=O) groups is 1. The molecule has 0 bridgehead atoms. The molecule has 3 aliphatic heterocycles. The molecule has 164 valence electrons. The first kappa shape index (κ1) is 20.2. The van der Waals surface area contributed by atoms with Crippen LogP contribution in [0.2, 0.25) is 0 Å². The maximum absolute atomic E-state index is 12.9. The summed E-state index contributed by atoms with van der Waals surface area (Å²) in [7, 11) is 0. The highest BCUT2D eigenvalue weighted by atomic mass is 16.3. The topological polar surface area (TPSA) is 76.0 Å². The van der Waals surface area contributed by atoms with Gasteiger partial charge in [0.05, 0.1) is 19.2 Å². The maximum Gasteiger partial charge on any atom is 0.241 e. The fourth-order valence-corrected chi connectivity index (χ4v) is 5.00. The molecular weight excluding hydrogens is 392 g/mol. The van der Waals surface area contributed by atoms with Crippen molar-refractivity contribution < 1.29 is 9.90 Å². The Morgan fingerprint density at radius 3 is 2.68 bits per heavy atom. The minimum absolute atomic E-state index is 0.154. The van der Waals surface area contributed by atoms with Crippen molar-refractivity contribution >= 4 is 23.2 Å². The normalized spacial score (nSPS) is 21.6. The fourth-order valence-electron chi connectivity index (χ4n) is 5.00. The van der Waals surface area contributed by atoms with E-state index in [1.165, 1.54) is 5.56 Å². The van der Waals surface area contributed by atoms with Crippen LogP contribution in [0.25, 0.3) is 0 Å². The van der Waals surface area contributed by atoms with Crippen molar-refractivity contribution in [2.75, 3.05) is 67.1 Å². The highest BCUT2D eigenvalue weighted by Gasteiger charge is 2.28. The summed E-state index contributed by atoms with van der Waals surface area (Å²) in [4.78, 5) is 30.5. The number of aromatic nitrogens is 2. The second-order valence-corrected chi connectivity index (χ2v) is 8.59. The third kappa shape index (κ3) is 4.09. The Hall–Kier alpha value is -2.71. The summed E-state index contributed by atoms with van der Waals surface area (Å²) in [5.41, 5.74) is 2.34. The maximum atomic E-state index is 12.9. The van der Waals surface area contributed by atoms with Crippen LogP contribution in [-0.4, -0.2) is 84.3 Å². The van der Waals surface area contributed by atoms with E-state index in [0.717, 1.165) is 75.9 Å². The number of para-hydroxylation sites is 1. The third-order valence-corrected chi connectivity index (χ3v) is 6.76. The van der Waals surface area contributed by atoms with Crippen molar-refractivity contribution in [1.29, 1.82) is 0 Å². The average molecular weight is 423 g/mol. The van der Waals surface area contributed by atoms with Gasteiger partial charge in [0.1, 0.15) is 18.0 Å². The number of carbonyl (C=O) groups excluding carboxylic acids is 1. The van der Waals surface area contributed by atoms with Crippen LogP contribution in [0.1, 0.15) is 18.4 Å². The molecular formula is C23H30N6O2. The molecule has 0 aliphatic carbocycles. The molecule has 4 heterocycles. The van der Waals surface area contributed by atoms with Gasteiger partial charge < -0.3 is 19.8 Å². The lowest BCUT2D eigenvalue weighted by molar-refractivity contribution is -0.119. The Labute approximate surface area is 183 Å². The summed E-state index contributed by atoms with van der Waals surface area (Å²) in [6.07, 6.45) is 4.65. The van der Waals surface area contributed by atoms with Crippen LogP contribution in [0.4, 0.5) is 17.3 Å². The molecule has 1 aromatic heterocycles. The number of amides is 1. The van der Waals surface area contributed by atoms with E-state index in [1.54, 1.807) is 6.33 Å². The predicted molar refractivity (Wildman–Crippen MR) is 121 cm³/mol. The first-order valence-corrected chi connectivity index (χ1v) is 11.3. The molecule has 2 aromatic rings. The fraction of sp³-hybridized carbons (Fsp3) is 0.522. The zero-order chi connectivity index (χ0) is 21.2. The highest BCUT2D eigenvalue weighted by molar-refractivity contribution is 5.96. The molecule has 0 radical (unpaired) electrons. The van der Waals surface area contributed by atoms with E-state index in [2.05, 4.69) is 30.7 Å². The third-order valence-electron chi connectivity index (χ3n) is 6.76. The number of anilines is 3. The molecule has 1 atom stereocenters. The molecule has 1 amide bonds. The first-order valence-electron chi connectivity index (χ1n) is 11.3. The molecule has 0 spiro atoms. The molecule has 3 aliphatic rings. The number of aliphatic hydroxyl groups excluding tert-OH is 1. The molecule has 31 heavy (non-hydrogen) atoms. The van der Waals surface area contributed by atoms with E-state index in [9.17, 15) is 9.90 Å². The van der Waals surface area contributed by atoms with Gasteiger partial charge in [-0.2, -0.15) is 0 Å². The number of nitrogens with zero attached hydrogens (tertiary/aromatic N) is 6. The van der Waals surface area contributed by atoms with E-state index < -0.39 is 0 Å². The monoisotopic (exact) mass is 422 g/mol. The van der Waals surface area contributed by atoms with Gasteiger partial charge in [-0.25, -0.2) is 9.97 Å². The Kier molecular flexibility index (Phi) is 5.74. The van der Waals surface area contributed by atoms with Gasteiger partial charge in [-0.1, -0.05) is 18.2 Å². The molecule has 0 saturated carbocycles. The Morgan fingerprint density at radius 2 is 1.84 bits per heavy atom. The highest BCUT2D eigenvalue weighted by Crippen LogP contribution is 2.28. The molecule has 1 unspecified atom stereocenters. The predicted octanol–water partition coefficient (Wildman–Crippen LogP) is 1.15. The second kappa shape index (κ2) is 8.80. The number of hydrogen-bond donors (Lipinski definition) is 1. The number of aliphatic hydroxyl groups is 1. The van der Waals surface area contributed by atoms with Gasteiger partial charge in [0.2, 0.25) is 5.91 Å². The minimum atomic E-state index is 0.154. The largest absolute Gasteiger partial charge is 0.394 e. The summed E-state index contributed by atoms with van der Waals surface area (Å²) in [6, 6.07) is 10.4. The number of rotatable bonds is 5.